The molecular weight excluding hydrogens is 442 g/mol. The van der Waals surface area contributed by atoms with Gasteiger partial charge in [-0.25, -0.2) is 4.68 Å². The van der Waals surface area contributed by atoms with Gasteiger partial charge in [-0.1, -0.05) is 43.7 Å². The number of aliphatic hydroxyl groups is 1. The molecule has 0 saturated carbocycles. The van der Waals surface area contributed by atoms with Crippen LogP contribution in [0, 0.1) is 6.92 Å². The largest absolute Gasteiger partial charge is 0.493 e. The van der Waals surface area contributed by atoms with Crippen molar-refractivity contribution in [2.75, 3.05) is 26.9 Å². The minimum absolute atomic E-state index is 0.207. The number of methoxy groups -OCH3 is 1. The quantitative estimate of drug-likeness (QED) is 0.312. The van der Waals surface area contributed by atoms with E-state index in [9.17, 15) is 5.11 Å². The minimum atomic E-state index is -0.572. The number of aryl methyl sites for hydroxylation is 1. The van der Waals surface area contributed by atoms with E-state index in [2.05, 4.69) is 25.7 Å². The fraction of sp³-hybridized carbons (Fsp3) is 0.464. The zero-order chi connectivity index (χ0) is 25.2. The Hall–Kier alpha value is -2.87. The third kappa shape index (κ3) is 7.31. The Labute approximate surface area is 209 Å². The average Bonchev–Trinajstić information content (AvgIpc) is 3.17. The molecule has 3 aromatic rings. The summed E-state index contributed by atoms with van der Waals surface area (Å²) in [6.07, 6.45) is 1.51. The number of hydrogen-bond donors (Lipinski definition) is 1. The van der Waals surface area contributed by atoms with Crippen molar-refractivity contribution in [1.82, 2.24) is 14.7 Å². The van der Waals surface area contributed by atoms with Crippen LogP contribution in [0.25, 0.3) is 5.69 Å². The molecule has 0 aliphatic carbocycles. The fourth-order valence-corrected chi connectivity index (χ4v) is 3.83. The van der Waals surface area contributed by atoms with Crippen LogP contribution in [-0.2, 0) is 11.3 Å². The molecule has 0 spiro atoms. The first-order valence-electron chi connectivity index (χ1n) is 12.4. The third-order valence-corrected chi connectivity index (χ3v) is 5.90. The molecule has 0 radical (unpaired) electrons. The molecule has 7 nitrogen and oxygen atoms in total. The molecule has 1 aromatic heterocycles. The van der Waals surface area contributed by atoms with Crippen LogP contribution >= 0.6 is 0 Å². The number of hydrogen-bond acceptors (Lipinski definition) is 6. The van der Waals surface area contributed by atoms with Crippen molar-refractivity contribution in [3.8, 4) is 23.1 Å². The summed E-state index contributed by atoms with van der Waals surface area (Å²) in [7, 11) is 1.63. The maximum absolute atomic E-state index is 10.6. The maximum atomic E-state index is 10.6. The second kappa shape index (κ2) is 13.3. The molecule has 1 heterocycles. The number of rotatable bonds is 14. The Bertz CT molecular complexity index is 1040. The van der Waals surface area contributed by atoms with Crippen molar-refractivity contribution < 1.29 is 19.3 Å². The smallest absolute Gasteiger partial charge is 0.227 e. The zero-order valence-corrected chi connectivity index (χ0v) is 21.6. The maximum Gasteiger partial charge on any atom is 0.227 e. The van der Waals surface area contributed by atoms with E-state index in [4.69, 9.17) is 19.3 Å². The van der Waals surface area contributed by atoms with E-state index < -0.39 is 6.10 Å². The number of para-hydroxylation sites is 3. The molecule has 0 fully saturated rings. The van der Waals surface area contributed by atoms with Gasteiger partial charge in [0.1, 0.15) is 0 Å². The molecule has 0 saturated heterocycles. The highest BCUT2D eigenvalue weighted by Crippen LogP contribution is 2.36. The van der Waals surface area contributed by atoms with Crippen LogP contribution in [0.2, 0.25) is 0 Å². The summed E-state index contributed by atoms with van der Waals surface area (Å²) in [5, 5.41) is 15.5. The predicted molar refractivity (Wildman–Crippen MR) is 139 cm³/mol. The molecule has 0 bridgehead atoms. The lowest BCUT2D eigenvalue weighted by molar-refractivity contribution is 0.00842. The monoisotopic (exact) mass is 481 g/mol. The molecule has 35 heavy (non-hydrogen) atoms. The number of unbranched alkanes of at least 4 members (excludes halogenated alkanes) is 1. The first kappa shape index (κ1) is 26.7. The van der Waals surface area contributed by atoms with Crippen LogP contribution in [-0.4, -0.2) is 58.8 Å². The highest BCUT2D eigenvalue weighted by Gasteiger charge is 2.24. The Morgan fingerprint density at radius 2 is 1.71 bits per heavy atom. The highest BCUT2D eigenvalue weighted by atomic mass is 16.5. The summed E-state index contributed by atoms with van der Waals surface area (Å²) in [5.74, 6) is 1.91. The van der Waals surface area contributed by atoms with E-state index in [-0.39, 0.29) is 6.04 Å². The molecule has 2 aromatic carbocycles. The lowest BCUT2D eigenvalue weighted by atomic mass is 10.2. The molecule has 3 rings (SSSR count). The van der Waals surface area contributed by atoms with Crippen molar-refractivity contribution in [3.05, 3.63) is 65.9 Å². The van der Waals surface area contributed by atoms with E-state index in [1.165, 1.54) is 0 Å². The number of benzene rings is 2. The van der Waals surface area contributed by atoms with Gasteiger partial charge in [-0.3, -0.25) is 4.90 Å². The molecule has 0 aliphatic heterocycles. The molecule has 0 unspecified atom stereocenters. The van der Waals surface area contributed by atoms with Crippen molar-refractivity contribution >= 4 is 0 Å². The normalized spacial score (nSPS) is 12.3. The highest BCUT2D eigenvalue weighted by molar-refractivity contribution is 5.47. The number of nitrogens with zero attached hydrogens (tertiary/aromatic N) is 3. The van der Waals surface area contributed by atoms with Gasteiger partial charge in [0.25, 0.3) is 0 Å². The summed E-state index contributed by atoms with van der Waals surface area (Å²) in [6.45, 7) is 10.5. The first-order valence-corrected chi connectivity index (χ1v) is 12.4. The SMILES string of the molecule is CCCCOC[C@@H](O)CN(Cc1c(C)nn(-c2ccccc2)c1Oc1ccccc1OC)C(C)C. The second-order valence-corrected chi connectivity index (χ2v) is 8.97. The molecule has 1 atom stereocenters. The molecular formula is C28H39N3O4. The van der Waals surface area contributed by atoms with E-state index in [1.807, 2.05) is 66.2 Å². The molecule has 0 amide bonds. The van der Waals surface area contributed by atoms with Crippen LogP contribution in [0.4, 0.5) is 0 Å². The molecule has 190 valence electrons. The van der Waals surface area contributed by atoms with Gasteiger partial charge in [-0.2, -0.15) is 5.10 Å². The number of ether oxygens (including phenoxy) is 3. The van der Waals surface area contributed by atoms with Crippen molar-refractivity contribution in [2.45, 2.75) is 59.2 Å². The van der Waals surface area contributed by atoms with Gasteiger partial charge >= 0.3 is 0 Å². The van der Waals surface area contributed by atoms with Crippen LogP contribution in [0.5, 0.6) is 17.4 Å². The van der Waals surface area contributed by atoms with E-state index >= 15 is 0 Å². The van der Waals surface area contributed by atoms with Gasteiger partial charge in [-0.05, 0) is 51.5 Å². The standard InChI is InChI=1S/C28H39N3O4/c1-6-7-17-34-20-24(32)18-30(21(2)3)19-25-22(4)29-31(23-13-9-8-10-14-23)28(25)35-27-16-12-11-15-26(27)33-5/h8-16,21,24,32H,6-7,17-20H2,1-5H3/t24-/m0/s1. The average molecular weight is 482 g/mol. The van der Waals surface area contributed by atoms with Crippen molar-refractivity contribution in [2.24, 2.45) is 0 Å². The van der Waals surface area contributed by atoms with E-state index in [0.29, 0.717) is 43.7 Å². The van der Waals surface area contributed by atoms with Gasteiger partial charge in [0.05, 0.1) is 36.8 Å². The Kier molecular flexibility index (Phi) is 10.1. The first-order chi connectivity index (χ1) is 16.9. The van der Waals surface area contributed by atoms with Gasteiger partial charge < -0.3 is 19.3 Å². The molecule has 1 N–H and O–H groups in total. The van der Waals surface area contributed by atoms with Gasteiger partial charge in [0.15, 0.2) is 11.5 Å². The summed E-state index contributed by atoms with van der Waals surface area (Å²) in [5.41, 5.74) is 2.75. The van der Waals surface area contributed by atoms with Crippen molar-refractivity contribution in [1.29, 1.82) is 0 Å². The Morgan fingerprint density at radius 3 is 2.37 bits per heavy atom. The fourth-order valence-electron chi connectivity index (χ4n) is 3.83. The van der Waals surface area contributed by atoms with Crippen LogP contribution in [0.15, 0.2) is 54.6 Å². The minimum Gasteiger partial charge on any atom is -0.493 e. The lowest BCUT2D eigenvalue weighted by Gasteiger charge is -2.29. The molecule has 0 aliphatic rings. The third-order valence-electron chi connectivity index (χ3n) is 5.90. The van der Waals surface area contributed by atoms with E-state index in [1.54, 1.807) is 7.11 Å². The predicted octanol–water partition coefficient (Wildman–Crippen LogP) is 5.37. The Balaban J connectivity index is 1.91. The summed E-state index contributed by atoms with van der Waals surface area (Å²) >= 11 is 0. The van der Waals surface area contributed by atoms with Gasteiger partial charge in [0.2, 0.25) is 5.88 Å². The van der Waals surface area contributed by atoms with Gasteiger partial charge in [0, 0.05) is 25.7 Å². The summed E-state index contributed by atoms with van der Waals surface area (Å²) in [4.78, 5) is 2.22. The lowest BCUT2D eigenvalue weighted by Crippen LogP contribution is -2.39. The summed E-state index contributed by atoms with van der Waals surface area (Å²) < 4.78 is 19.5. The molecule has 7 heteroatoms. The topological polar surface area (TPSA) is 69.0 Å². The zero-order valence-electron chi connectivity index (χ0n) is 21.6. The summed E-state index contributed by atoms with van der Waals surface area (Å²) in [6, 6.07) is 17.7. The Morgan fingerprint density at radius 1 is 1.03 bits per heavy atom. The van der Waals surface area contributed by atoms with Gasteiger partial charge in [-0.15, -0.1) is 0 Å². The second-order valence-electron chi connectivity index (χ2n) is 8.97. The number of aliphatic hydroxyl groups excluding tert-OH is 1. The van der Waals surface area contributed by atoms with Crippen LogP contribution in [0.1, 0.15) is 44.9 Å². The number of aromatic nitrogens is 2. The van der Waals surface area contributed by atoms with E-state index in [0.717, 1.165) is 29.8 Å². The van der Waals surface area contributed by atoms with Crippen LogP contribution < -0.4 is 9.47 Å². The van der Waals surface area contributed by atoms with Crippen molar-refractivity contribution in [3.63, 3.8) is 0 Å². The van der Waals surface area contributed by atoms with Crippen LogP contribution in [0.3, 0.4) is 0 Å².